The van der Waals surface area contributed by atoms with Crippen LogP contribution in [0.5, 0.6) is 0 Å². The number of nitrogens with zero attached hydrogens (tertiary/aromatic N) is 2. The maximum atomic E-state index is 13.1. The lowest BCUT2D eigenvalue weighted by Crippen LogP contribution is -2.43. The van der Waals surface area contributed by atoms with Gasteiger partial charge < -0.3 is 10.2 Å². The molecule has 2 saturated heterocycles. The lowest BCUT2D eigenvalue weighted by molar-refractivity contribution is -0.126. The number of amides is 2. The van der Waals surface area contributed by atoms with Crippen LogP contribution in [0.25, 0.3) is 0 Å². The fourth-order valence-electron chi connectivity index (χ4n) is 4.15. The van der Waals surface area contributed by atoms with Gasteiger partial charge in [-0.25, -0.2) is 8.42 Å². The van der Waals surface area contributed by atoms with Crippen LogP contribution in [0, 0.1) is 5.92 Å². The standard InChI is InChI=1S/C22H32ClN3O4S/c1-2-3-4-11-24-21(27)17-9-14-25(15-10-17)22(28)19-16-18(7-8-20(19)23)31(29,30)26-12-5-6-13-26/h7-8,16-17H,2-6,9-15H2,1H3,(H,24,27). The Balaban J connectivity index is 1.62. The highest BCUT2D eigenvalue weighted by Gasteiger charge is 2.31. The van der Waals surface area contributed by atoms with Crippen LogP contribution in [0.15, 0.2) is 23.1 Å². The van der Waals surface area contributed by atoms with Crippen LogP contribution < -0.4 is 5.32 Å². The first kappa shape index (κ1) is 24.0. The van der Waals surface area contributed by atoms with E-state index in [1.807, 2.05) is 0 Å². The van der Waals surface area contributed by atoms with E-state index in [9.17, 15) is 18.0 Å². The summed E-state index contributed by atoms with van der Waals surface area (Å²) in [6, 6.07) is 4.33. The van der Waals surface area contributed by atoms with Crippen molar-refractivity contribution >= 4 is 33.4 Å². The molecule has 2 aliphatic rings. The summed E-state index contributed by atoms with van der Waals surface area (Å²) in [5.74, 6) is -0.326. The molecule has 2 heterocycles. The first-order valence-electron chi connectivity index (χ1n) is 11.2. The van der Waals surface area contributed by atoms with Crippen molar-refractivity contribution in [2.45, 2.75) is 56.8 Å². The minimum atomic E-state index is -3.62. The number of hydrogen-bond donors (Lipinski definition) is 1. The van der Waals surface area contributed by atoms with Crippen molar-refractivity contribution in [1.82, 2.24) is 14.5 Å². The summed E-state index contributed by atoms with van der Waals surface area (Å²) >= 11 is 6.26. The molecule has 0 aromatic heterocycles. The van der Waals surface area contributed by atoms with Gasteiger partial charge in [-0.1, -0.05) is 31.4 Å². The molecule has 0 atom stereocenters. The van der Waals surface area contributed by atoms with Gasteiger partial charge >= 0.3 is 0 Å². The Bertz CT molecular complexity index is 892. The molecule has 2 aliphatic heterocycles. The van der Waals surface area contributed by atoms with E-state index < -0.39 is 10.0 Å². The van der Waals surface area contributed by atoms with Crippen molar-refractivity contribution in [3.05, 3.63) is 28.8 Å². The predicted molar refractivity (Wildman–Crippen MR) is 121 cm³/mol. The second kappa shape index (κ2) is 10.8. The van der Waals surface area contributed by atoms with Crippen molar-refractivity contribution in [3.8, 4) is 0 Å². The second-order valence-electron chi connectivity index (χ2n) is 8.32. The van der Waals surface area contributed by atoms with Gasteiger partial charge in [0.2, 0.25) is 15.9 Å². The molecular weight excluding hydrogens is 438 g/mol. The van der Waals surface area contributed by atoms with E-state index in [1.165, 1.54) is 22.5 Å². The second-order valence-corrected chi connectivity index (χ2v) is 10.7. The fourth-order valence-corrected chi connectivity index (χ4v) is 5.89. The van der Waals surface area contributed by atoms with Crippen molar-refractivity contribution in [2.75, 3.05) is 32.7 Å². The smallest absolute Gasteiger partial charge is 0.255 e. The Hall–Kier alpha value is -1.64. The third kappa shape index (κ3) is 5.79. The largest absolute Gasteiger partial charge is 0.356 e. The van der Waals surface area contributed by atoms with Crippen LogP contribution >= 0.6 is 11.6 Å². The van der Waals surface area contributed by atoms with Gasteiger partial charge in [-0.3, -0.25) is 9.59 Å². The van der Waals surface area contributed by atoms with Crippen molar-refractivity contribution in [2.24, 2.45) is 5.92 Å². The van der Waals surface area contributed by atoms with Gasteiger partial charge in [-0.2, -0.15) is 4.31 Å². The molecule has 1 aromatic carbocycles. The monoisotopic (exact) mass is 469 g/mol. The number of carbonyl (C=O) groups is 2. The minimum absolute atomic E-state index is 0.0555. The van der Waals surface area contributed by atoms with E-state index in [1.54, 1.807) is 4.90 Å². The zero-order valence-corrected chi connectivity index (χ0v) is 19.7. The third-order valence-electron chi connectivity index (χ3n) is 6.10. The van der Waals surface area contributed by atoms with E-state index in [0.717, 1.165) is 32.1 Å². The van der Waals surface area contributed by atoms with Crippen LogP contribution in [0.4, 0.5) is 0 Å². The molecule has 1 N–H and O–H groups in total. The molecule has 0 saturated carbocycles. The van der Waals surface area contributed by atoms with Crippen molar-refractivity contribution < 1.29 is 18.0 Å². The SMILES string of the molecule is CCCCCNC(=O)C1CCN(C(=O)c2cc(S(=O)(=O)N3CCCC3)ccc2Cl)CC1. The lowest BCUT2D eigenvalue weighted by atomic mass is 9.95. The number of hydrogen-bond acceptors (Lipinski definition) is 4. The van der Waals surface area contributed by atoms with Crippen LogP contribution in [0.2, 0.25) is 5.02 Å². The number of halogens is 1. The zero-order chi connectivity index (χ0) is 22.4. The minimum Gasteiger partial charge on any atom is -0.356 e. The number of sulfonamides is 1. The lowest BCUT2D eigenvalue weighted by Gasteiger charge is -2.31. The average molecular weight is 470 g/mol. The zero-order valence-electron chi connectivity index (χ0n) is 18.1. The summed E-state index contributed by atoms with van der Waals surface area (Å²) in [7, 11) is -3.62. The van der Waals surface area contributed by atoms with Crippen LogP contribution in [-0.4, -0.2) is 62.2 Å². The van der Waals surface area contributed by atoms with E-state index in [0.29, 0.717) is 45.6 Å². The van der Waals surface area contributed by atoms with Gasteiger partial charge in [0.1, 0.15) is 0 Å². The Kier molecular flexibility index (Phi) is 8.36. The van der Waals surface area contributed by atoms with Gasteiger partial charge in [-0.15, -0.1) is 0 Å². The summed E-state index contributed by atoms with van der Waals surface area (Å²) in [6.07, 6.45) is 6.07. The van der Waals surface area contributed by atoms with Crippen molar-refractivity contribution in [1.29, 1.82) is 0 Å². The van der Waals surface area contributed by atoms with Crippen molar-refractivity contribution in [3.63, 3.8) is 0 Å². The quantitative estimate of drug-likeness (QED) is 0.592. The van der Waals surface area contributed by atoms with Gasteiger partial charge in [-0.05, 0) is 50.3 Å². The molecule has 0 unspecified atom stereocenters. The summed E-state index contributed by atoms with van der Waals surface area (Å²) in [6.45, 7) is 4.72. The van der Waals surface area contributed by atoms with Gasteiger partial charge in [0.15, 0.2) is 0 Å². The molecule has 0 spiro atoms. The number of carbonyl (C=O) groups excluding carboxylic acids is 2. The fraction of sp³-hybridized carbons (Fsp3) is 0.636. The number of nitrogens with one attached hydrogen (secondary N) is 1. The predicted octanol–water partition coefficient (Wildman–Crippen LogP) is 3.28. The summed E-state index contributed by atoms with van der Waals surface area (Å²) in [5, 5.41) is 3.23. The number of rotatable bonds is 8. The molecule has 0 bridgehead atoms. The first-order valence-corrected chi connectivity index (χ1v) is 13.0. The van der Waals surface area contributed by atoms with Crippen LogP contribution in [-0.2, 0) is 14.8 Å². The topological polar surface area (TPSA) is 86.8 Å². The molecular formula is C22H32ClN3O4S. The molecule has 7 nitrogen and oxygen atoms in total. The van der Waals surface area contributed by atoms with Crippen LogP contribution in [0.1, 0.15) is 62.2 Å². The average Bonchev–Trinajstić information content (AvgIpc) is 3.32. The third-order valence-corrected chi connectivity index (χ3v) is 8.33. The Labute approximate surface area is 190 Å². The maximum Gasteiger partial charge on any atom is 0.255 e. The first-order chi connectivity index (χ1) is 14.8. The molecule has 3 rings (SSSR count). The molecule has 9 heteroatoms. The number of piperidine rings is 1. The molecule has 2 amide bonds. The van der Waals surface area contributed by atoms with Gasteiger partial charge in [0, 0.05) is 38.6 Å². The van der Waals surface area contributed by atoms with Gasteiger partial charge in [0.05, 0.1) is 15.5 Å². The normalized spacial score (nSPS) is 18.3. The molecule has 1 aromatic rings. The molecule has 172 valence electrons. The highest BCUT2D eigenvalue weighted by atomic mass is 35.5. The number of benzene rings is 1. The summed E-state index contributed by atoms with van der Waals surface area (Å²) in [5.41, 5.74) is 0.199. The van der Waals surface area contributed by atoms with E-state index in [2.05, 4.69) is 12.2 Å². The van der Waals surface area contributed by atoms with Gasteiger partial charge in [0.25, 0.3) is 5.91 Å². The maximum absolute atomic E-state index is 13.1. The summed E-state index contributed by atoms with van der Waals surface area (Å²) < 4.78 is 27.2. The highest BCUT2D eigenvalue weighted by molar-refractivity contribution is 7.89. The molecule has 0 radical (unpaired) electrons. The van der Waals surface area contributed by atoms with E-state index in [4.69, 9.17) is 11.6 Å². The Morgan fingerprint density at radius 3 is 2.42 bits per heavy atom. The Morgan fingerprint density at radius 1 is 1.10 bits per heavy atom. The number of unbranched alkanes of at least 4 members (excludes halogenated alkanes) is 2. The molecule has 0 aliphatic carbocycles. The van der Waals surface area contributed by atoms with Crippen LogP contribution in [0.3, 0.4) is 0 Å². The highest BCUT2D eigenvalue weighted by Crippen LogP contribution is 2.27. The van der Waals surface area contributed by atoms with E-state index in [-0.39, 0.29) is 33.2 Å². The summed E-state index contributed by atoms with van der Waals surface area (Å²) in [4.78, 5) is 27.2. The Morgan fingerprint density at radius 2 is 1.77 bits per heavy atom. The number of likely N-dealkylation sites (tertiary alicyclic amines) is 1. The van der Waals surface area contributed by atoms with E-state index >= 15 is 0 Å². The molecule has 31 heavy (non-hydrogen) atoms. The molecule has 2 fully saturated rings.